The van der Waals surface area contributed by atoms with Crippen LogP contribution in [0.3, 0.4) is 0 Å². The van der Waals surface area contributed by atoms with Crippen LogP contribution in [0.2, 0.25) is 0 Å². The first-order valence-electron chi connectivity index (χ1n) is 5.61. The van der Waals surface area contributed by atoms with Gasteiger partial charge in [-0.25, -0.2) is 0 Å². The summed E-state index contributed by atoms with van der Waals surface area (Å²) in [5, 5.41) is 0. The van der Waals surface area contributed by atoms with Gasteiger partial charge in [0.1, 0.15) is 4.32 Å². The molecule has 0 N–H and O–H groups in total. The minimum atomic E-state index is -0.498. The largest absolute Gasteiger partial charge is 0.469 e. The van der Waals surface area contributed by atoms with E-state index in [9.17, 15) is 9.59 Å². The van der Waals surface area contributed by atoms with E-state index in [0.29, 0.717) is 0 Å². The maximum Gasteiger partial charge on any atom is 0.322 e. The lowest BCUT2D eigenvalue weighted by atomic mass is 10.1. The summed E-state index contributed by atoms with van der Waals surface area (Å²) in [7, 11) is 2.80. The molecule has 2 atom stereocenters. The third-order valence-electron chi connectivity index (χ3n) is 2.49. The third-order valence-corrected chi connectivity index (χ3v) is 3.38. The van der Waals surface area contributed by atoms with E-state index in [1.54, 1.807) is 6.92 Å². The fourth-order valence-electron chi connectivity index (χ4n) is 0.725. The van der Waals surface area contributed by atoms with Gasteiger partial charge in [-0.05, 0) is 19.8 Å². The molecule has 0 spiro atoms. The van der Waals surface area contributed by atoms with Crippen molar-refractivity contribution in [2.24, 2.45) is 5.92 Å². The molecule has 0 radical (unpaired) electrons. The highest BCUT2D eigenvalue weighted by Crippen LogP contribution is 2.22. The Morgan fingerprint density at radius 3 is 1.82 bits per heavy atom. The van der Waals surface area contributed by atoms with Crippen LogP contribution in [0, 0.1) is 5.92 Å². The van der Waals surface area contributed by atoms with Crippen LogP contribution in [0.5, 0.6) is 0 Å². The van der Waals surface area contributed by atoms with Gasteiger partial charge in [-0.1, -0.05) is 36.7 Å². The van der Waals surface area contributed by atoms with Gasteiger partial charge in [0, 0.05) is 0 Å². The Hall–Kier alpha value is -0.580. The van der Waals surface area contributed by atoms with Crippen LogP contribution in [0.25, 0.3) is 0 Å². The van der Waals surface area contributed by atoms with Crippen molar-refractivity contribution >= 4 is 27.9 Å². The van der Waals surface area contributed by atoms with Crippen LogP contribution in [0.4, 0.5) is 0 Å². The molecule has 0 amide bonds. The lowest BCUT2D eigenvalue weighted by Crippen LogP contribution is -2.28. The Bertz CT molecular complexity index is 239. The quantitative estimate of drug-likeness (QED) is 0.592. The maximum absolute atomic E-state index is 10.8. The molecule has 0 aliphatic carbocycles. The lowest BCUT2D eigenvalue weighted by molar-refractivity contribution is -0.145. The van der Waals surface area contributed by atoms with Crippen LogP contribution in [0.1, 0.15) is 40.5 Å². The fraction of sp³-hybridized carbons (Fsp3) is 0.833. The summed E-state index contributed by atoms with van der Waals surface area (Å²) in [6.45, 7) is 7.53. The summed E-state index contributed by atoms with van der Waals surface area (Å²) in [5.74, 6) is -0.280. The highest BCUT2D eigenvalue weighted by atomic mass is 79.9. The Morgan fingerprint density at radius 2 is 1.71 bits per heavy atom. The average Bonchev–Trinajstić information content (AvgIpc) is 2.36. The molecule has 0 fully saturated rings. The molecule has 0 rings (SSSR count). The van der Waals surface area contributed by atoms with Crippen molar-refractivity contribution in [1.82, 2.24) is 0 Å². The molecule has 0 aromatic carbocycles. The second-order valence-corrected chi connectivity index (χ2v) is 5.63. The highest BCUT2D eigenvalue weighted by Gasteiger charge is 2.28. The Kier molecular flexibility index (Phi) is 10.4. The third kappa shape index (κ3) is 8.18. The maximum atomic E-state index is 10.8. The van der Waals surface area contributed by atoms with Crippen molar-refractivity contribution in [3.05, 3.63) is 0 Å². The van der Waals surface area contributed by atoms with Crippen LogP contribution >= 0.6 is 15.9 Å². The molecule has 0 saturated heterocycles. The van der Waals surface area contributed by atoms with E-state index in [4.69, 9.17) is 0 Å². The summed E-state index contributed by atoms with van der Waals surface area (Å²) in [5.41, 5.74) is 0. The molecule has 0 aliphatic rings. The van der Waals surface area contributed by atoms with Gasteiger partial charge in [-0.3, -0.25) is 9.59 Å². The number of esters is 2. The number of hydrogen-bond donors (Lipinski definition) is 0. The van der Waals surface area contributed by atoms with Crippen molar-refractivity contribution < 1.29 is 19.1 Å². The van der Waals surface area contributed by atoms with E-state index in [1.165, 1.54) is 14.2 Å². The minimum absolute atomic E-state index is 0.0556. The standard InChI is InChI=1S/C6H11BrO2.C6H12O2/c1-4-6(2,7)5(8)9-3;1-4-5(2)6(7)8-3/h4H2,1-3H3;5H,4H2,1-3H3. The fourth-order valence-corrected chi connectivity index (χ4v) is 0.887. The summed E-state index contributed by atoms with van der Waals surface area (Å²) >= 11 is 3.23. The molecule has 102 valence electrons. The molecule has 0 bridgehead atoms. The lowest BCUT2D eigenvalue weighted by Gasteiger charge is -2.15. The first kappa shape index (κ1) is 18.8. The summed E-state index contributed by atoms with van der Waals surface area (Å²) in [6, 6.07) is 0. The monoisotopic (exact) mass is 310 g/mol. The van der Waals surface area contributed by atoms with Gasteiger partial charge in [0.25, 0.3) is 0 Å². The Balaban J connectivity index is 0. The molecule has 0 aliphatic heterocycles. The zero-order valence-electron chi connectivity index (χ0n) is 11.5. The molecular formula is C12H23BrO4. The second-order valence-electron chi connectivity index (χ2n) is 3.88. The minimum Gasteiger partial charge on any atom is -0.469 e. The first-order chi connectivity index (χ1) is 7.76. The van der Waals surface area contributed by atoms with E-state index in [2.05, 4.69) is 25.4 Å². The molecule has 4 nitrogen and oxygen atoms in total. The number of alkyl halides is 1. The van der Waals surface area contributed by atoms with Crippen molar-refractivity contribution in [2.45, 2.75) is 44.9 Å². The normalized spacial score (nSPS) is 14.8. The van der Waals surface area contributed by atoms with Crippen LogP contribution < -0.4 is 0 Å². The number of methoxy groups -OCH3 is 2. The predicted octanol–water partition coefficient (Wildman–Crippen LogP) is 2.93. The SMILES string of the molecule is CCC(C)(Br)C(=O)OC.CCC(C)C(=O)OC. The first-order valence-corrected chi connectivity index (χ1v) is 6.41. The van der Waals surface area contributed by atoms with Gasteiger partial charge in [-0.2, -0.15) is 0 Å². The Morgan fingerprint density at radius 1 is 1.24 bits per heavy atom. The number of ether oxygens (including phenoxy) is 2. The van der Waals surface area contributed by atoms with Crippen LogP contribution in [-0.2, 0) is 19.1 Å². The smallest absolute Gasteiger partial charge is 0.322 e. The van der Waals surface area contributed by atoms with Gasteiger partial charge in [0.2, 0.25) is 0 Å². The number of carbonyl (C=O) groups is 2. The van der Waals surface area contributed by atoms with Crippen molar-refractivity contribution in [3.8, 4) is 0 Å². The van der Waals surface area contributed by atoms with Crippen molar-refractivity contribution in [1.29, 1.82) is 0 Å². The van der Waals surface area contributed by atoms with Crippen LogP contribution in [0.15, 0.2) is 0 Å². The molecule has 0 heterocycles. The van der Waals surface area contributed by atoms with E-state index in [-0.39, 0.29) is 17.9 Å². The van der Waals surface area contributed by atoms with Gasteiger partial charge in [0.05, 0.1) is 20.1 Å². The summed E-state index contributed by atoms with van der Waals surface area (Å²) < 4.78 is 8.49. The average molecular weight is 311 g/mol. The topological polar surface area (TPSA) is 52.6 Å². The van der Waals surface area contributed by atoms with Crippen molar-refractivity contribution in [2.75, 3.05) is 14.2 Å². The van der Waals surface area contributed by atoms with E-state index < -0.39 is 4.32 Å². The van der Waals surface area contributed by atoms with E-state index in [0.717, 1.165) is 12.8 Å². The van der Waals surface area contributed by atoms with E-state index >= 15 is 0 Å². The molecule has 0 saturated carbocycles. The van der Waals surface area contributed by atoms with Gasteiger partial charge >= 0.3 is 11.9 Å². The predicted molar refractivity (Wildman–Crippen MR) is 71.1 cm³/mol. The summed E-state index contributed by atoms with van der Waals surface area (Å²) in [6.07, 6.45) is 1.59. The van der Waals surface area contributed by atoms with Gasteiger partial charge in [0.15, 0.2) is 0 Å². The molecule has 5 heteroatoms. The zero-order valence-corrected chi connectivity index (χ0v) is 13.1. The van der Waals surface area contributed by atoms with Gasteiger partial charge in [-0.15, -0.1) is 0 Å². The van der Waals surface area contributed by atoms with Crippen molar-refractivity contribution in [3.63, 3.8) is 0 Å². The molecular weight excluding hydrogens is 288 g/mol. The highest BCUT2D eigenvalue weighted by molar-refractivity contribution is 9.10. The molecule has 0 aromatic rings. The zero-order chi connectivity index (χ0) is 14.1. The van der Waals surface area contributed by atoms with Crippen LogP contribution in [-0.4, -0.2) is 30.5 Å². The number of rotatable bonds is 4. The van der Waals surface area contributed by atoms with E-state index in [1.807, 2.05) is 20.8 Å². The second kappa shape index (κ2) is 9.45. The number of carbonyl (C=O) groups excluding carboxylic acids is 2. The molecule has 2 unspecified atom stereocenters. The molecule has 0 aromatic heterocycles. The number of halogens is 1. The Labute approximate surface area is 112 Å². The van der Waals surface area contributed by atoms with Gasteiger partial charge < -0.3 is 9.47 Å². The molecule has 17 heavy (non-hydrogen) atoms. The summed E-state index contributed by atoms with van der Waals surface area (Å²) in [4.78, 5) is 21.3. The number of hydrogen-bond acceptors (Lipinski definition) is 4.